The van der Waals surface area contributed by atoms with Gasteiger partial charge in [0.25, 0.3) is 6.26 Å². The molecule has 1 aromatic carbocycles. The summed E-state index contributed by atoms with van der Waals surface area (Å²) in [6, 6.07) is 5.31. The molecule has 0 bridgehead atoms. The van der Waals surface area contributed by atoms with Crippen LogP contribution in [0.3, 0.4) is 0 Å². The summed E-state index contributed by atoms with van der Waals surface area (Å²) >= 11 is 5.63. The Morgan fingerprint density at radius 2 is 2.29 bits per heavy atom. The summed E-state index contributed by atoms with van der Waals surface area (Å²) in [5.74, 6) is 0.506. The first-order chi connectivity index (χ1) is 6.63. The number of benzene rings is 1. The van der Waals surface area contributed by atoms with Gasteiger partial charge < -0.3 is 4.74 Å². The van der Waals surface area contributed by atoms with E-state index < -0.39 is 0 Å². The Labute approximate surface area is 87.6 Å². The number of hydrogen-bond donors (Lipinski definition) is 0. The van der Waals surface area contributed by atoms with Crippen molar-refractivity contribution in [3.63, 3.8) is 0 Å². The first-order valence-electron chi connectivity index (χ1n) is 4.01. The van der Waals surface area contributed by atoms with E-state index in [1.54, 1.807) is 19.2 Å². The number of ether oxygens (including phenoxy) is 1. The van der Waals surface area contributed by atoms with Crippen LogP contribution in [-0.4, -0.2) is 5.17 Å². The van der Waals surface area contributed by atoms with E-state index in [0.29, 0.717) is 16.6 Å². The zero-order valence-electron chi connectivity index (χ0n) is 7.91. The SMILES string of the molecule is C/C(Cl)=N/c1ccc(C)c(OC#N)c1. The fourth-order valence-corrected chi connectivity index (χ4v) is 1.09. The number of halogens is 1. The van der Waals surface area contributed by atoms with Gasteiger partial charge in [0.15, 0.2) is 0 Å². The molecule has 0 aliphatic rings. The van der Waals surface area contributed by atoms with Gasteiger partial charge in [-0.05, 0) is 25.5 Å². The van der Waals surface area contributed by atoms with E-state index in [2.05, 4.69) is 4.99 Å². The van der Waals surface area contributed by atoms with Crippen LogP contribution < -0.4 is 4.74 Å². The predicted octanol–water partition coefficient (Wildman–Crippen LogP) is 3.14. The van der Waals surface area contributed by atoms with Gasteiger partial charge in [-0.1, -0.05) is 17.7 Å². The maximum atomic E-state index is 8.38. The molecule has 0 amide bonds. The van der Waals surface area contributed by atoms with Crippen LogP contribution in [0.5, 0.6) is 5.75 Å². The highest BCUT2D eigenvalue weighted by Gasteiger charge is 2.00. The molecule has 1 aromatic rings. The highest BCUT2D eigenvalue weighted by molar-refractivity contribution is 6.65. The van der Waals surface area contributed by atoms with Gasteiger partial charge in [0, 0.05) is 6.07 Å². The molecule has 0 atom stereocenters. The van der Waals surface area contributed by atoms with Crippen molar-refractivity contribution in [2.45, 2.75) is 13.8 Å². The Hall–Kier alpha value is -1.53. The van der Waals surface area contributed by atoms with Crippen molar-refractivity contribution in [1.29, 1.82) is 5.26 Å². The number of aryl methyl sites for hydroxylation is 1. The average molecular weight is 209 g/mol. The van der Waals surface area contributed by atoms with Crippen LogP contribution in [0.2, 0.25) is 0 Å². The zero-order chi connectivity index (χ0) is 10.6. The summed E-state index contributed by atoms with van der Waals surface area (Å²) in [6.45, 7) is 3.54. The lowest BCUT2D eigenvalue weighted by atomic mass is 10.2. The quantitative estimate of drug-likeness (QED) is 0.554. The highest BCUT2D eigenvalue weighted by Crippen LogP contribution is 2.24. The molecule has 0 saturated carbocycles. The van der Waals surface area contributed by atoms with E-state index >= 15 is 0 Å². The summed E-state index contributed by atoms with van der Waals surface area (Å²) in [7, 11) is 0. The Morgan fingerprint density at radius 3 is 2.86 bits per heavy atom. The van der Waals surface area contributed by atoms with E-state index in [-0.39, 0.29) is 0 Å². The standard InChI is InChI=1S/C10H9ClN2O/c1-7-3-4-9(13-8(2)11)5-10(7)14-6-12/h3-5H,1-2H3/b13-8-. The van der Waals surface area contributed by atoms with Crippen LogP contribution in [0.1, 0.15) is 12.5 Å². The monoisotopic (exact) mass is 208 g/mol. The number of hydrogen-bond acceptors (Lipinski definition) is 3. The van der Waals surface area contributed by atoms with Crippen molar-refractivity contribution in [2.75, 3.05) is 0 Å². The van der Waals surface area contributed by atoms with Crippen LogP contribution in [0.15, 0.2) is 23.2 Å². The lowest BCUT2D eigenvalue weighted by Gasteiger charge is -2.02. The Bertz CT molecular complexity index is 403. The third-order valence-corrected chi connectivity index (χ3v) is 1.70. The van der Waals surface area contributed by atoms with Crippen LogP contribution in [0.25, 0.3) is 0 Å². The van der Waals surface area contributed by atoms with E-state index in [1.807, 2.05) is 19.1 Å². The van der Waals surface area contributed by atoms with Gasteiger partial charge in [-0.25, -0.2) is 4.99 Å². The molecule has 0 unspecified atom stereocenters. The van der Waals surface area contributed by atoms with Crippen molar-refractivity contribution in [1.82, 2.24) is 0 Å². The molecule has 0 spiro atoms. The molecule has 4 heteroatoms. The largest absolute Gasteiger partial charge is 0.388 e. The maximum absolute atomic E-state index is 8.38. The normalized spacial score (nSPS) is 10.9. The molecule has 0 saturated heterocycles. The second-order valence-electron chi connectivity index (χ2n) is 2.75. The average Bonchev–Trinajstić information content (AvgIpc) is 2.10. The van der Waals surface area contributed by atoms with Crippen molar-refractivity contribution in [3.05, 3.63) is 23.8 Å². The van der Waals surface area contributed by atoms with Gasteiger partial charge in [0.05, 0.1) is 5.69 Å². The summed E-state index contributed by atoms with van der Waals surface area (Å²) in [5.41, 5.74) is 1.56. The van der Waals surface area contributed by atoms with Gasteiger partial charge >= 0.3 is 0 Å². The van der Waals surface area contributed by atoms with Gasteiger partial charge in [-0.15, -0.1) is 5.26 Å². The molecule has 72 valence electrons. The van der Waals surface area contributed by atoms with Crippen molar-refractivity contribution in [2.24, 2.45) is 4.99 Å². The fourth-order valence-electron chi connectivity index (χ4n) is 0.995. The minimum absolute atomic E-state index is 0.441. The molecular formula is C10H9ClN2O. The third kappa shape index (κ3) is 2.75. The molecule has 14 heavy (non-hydrogen) atoms. The molecule has 0 aliphatic heterocycles. The fraction of sp³-hybridized carbons (Fsp3) is 0.200. The molecule has 0 radical (unpaired) electrons. The molecular weight excluding hydrogens is 200 g/mol. The van der Waals surface area contributed by atoms with Gasteiger partial charge in [-0.2, -0.15) is 0 Å². The number of rotatable bonds is 2. The summed E-state index contributed by atoms with van der Waals surface area (Å²) in [5, 5.41) is 8.82. The lowest BCUT2D eigenvalue weighted by molar-refractivity contribution is 0.503. The Morgan fingerprint density at radius 1 is 1.57 bits per heavy atom. The first-order valence-corrected chi connectivity index (χ1v) is 4.38. The predicted molar refractivity (Wildman–Crippen MR) is 56.0 cm³/mol. The third-order valence-electron chi connectivity index (χ3n) is 1.61. The van der Waals surface area contributed by atoms with Crippen LogP contribution in [0.4, 0.5) is 5.69 Å². The van der Waals surface area contributed by atoms with E-state index in [4.69, 9.17) is 21.6 Å². The molecule has 0 fully saturated rings. The summed E-state index contributed by atoms with van der Waals surface area (Å²) < 4.78 is 4.75. The minimum atomic E-state index is 0.441. The van der Waals surface area contributed by atoms with E-state index in [0.717, 1.165) is 5.56 Å². The summed E-state index contributed by atoms with van der Waals surface area (Å²) in [6.07, 6.45) is 1.62. The Kier molecular flexibility index (Phi) is 3.49. The molecule has 0 aliphatic carbocycles. The lowest BCUT2D eigenvalue weighted by Crippen LogP contribution is -1.85. The molecule has 0 heterocycles. The Balaban J connectivity index is 3.07. The van der Waals surface area contributed by atoms with Crippen LogP contribution in [0, 0.1) is 18.4 Å². The molecule has 0 N–H and O–H groups in total. The topological polar surface area (TPSA) is 45.4 Å². The number of aliphatic imine (C=N–C) groups is 1. The highest BCUT2D eigenvalue weighted by atomic mass is 35.5. The first kappa shape index (κ1) is 10.6. The summed E-state index contributed by atoms with van der Waals surface area (Å²) in [4.78, 5) is 4.04. The van der Waals surface area contributed by atoms with Crippen molar-refractivity contribution in [3.8, 4) is 12.0 Å². The maximum Gasteiger partial charge on any atom is 0.292 e. The van der Waals surface area contributed by atoms with E-state index in [1.165, 1.54) is 0 Å². The van der Waals surface area contributed by atoms with Crippen LogP contribution >= 0.6 is 11.6 Å². The van der Waals surface area contributed by atoms with Gasteiger partial charge in [0.1, 0.15) is 10.9 Å². The smallest absolute Gasteiger partial charge is 0.292 e. The van der Waals surface area contributed by atoms with Crippen LogP contribution in [-0.2, 0) is 0 Å². The molecule has 1 rings (SSSR count). The molecule has 3 nitrogen and oxygen atoms in total. The minimum Gasteiger partial charge on any atom is -0.388 e. The van der Waals surface area contributed by atoms with Gasteiger partial charge in [0.2, 0.25) is 0 Å². The van der Waals surface area contributed by atoms with E-state index in [9.17, 15) is 0 Å². The second kappa shape index (κ2) is 4.64. The van der Waals surface area contributed by atoms with Gasteiger partial charge in [-0.3, -0.25) is 0 Å². The zero-order valence-corrected chi connectivity index (χ0v) is 8.67. The van der Waals surface area contributed by atoms with Crippen molar-refractivity contribution < 1.29 is 4.74 Å². The van der Waals surface area contributed by atoms with Crippen molar-refractivity contribution >= 4 is 22.5 Å². The molecule has 0 aromatic heterocycles. The number of nitriles is 1. The number of nitrogens with zero attached hydrogens (tertiary/aromatic N) is 2. The second-order valence-corrected chi connectivity index (χ2v) is 3.30.